The van der Waals surface area contributed by atoms with E-state index in [0.29, 0.717) is 50.1 Å². The first-order valence-corrected chi connectivity index (χ1v) is 12.4. The molecule has 0 aliphatic carbocycles. The monoisotopic (exact) mass is 490 g/mol. The lowest BCUT2D eigenvalue weighted by Gasteiger charge is -2.31. The fraction of sp³-hybridized carbons (Fsp3) is 0.379. The number of likely N-dealkylation sites (tertiary alicyclic amines) is 1. The summed E-state index contributed by atoms with van der Waals surface area (Å²) in [6.45, 7) is 12.1. The van der Waals surface area contributed by atoms with E-state index in [1.807, 2.05) is 24.3 Å². The number of carbonyl (C=O) groups is 2. The Bertz CT molecular complexity index is 1120. The smallest absolute Gasteiger partial charge is 0.295 e. The van der Waals surface area contributed by atoms with Crippen molar-refractivity contribution in [1.82, 2.24) is 9.80 Å². The van der Waals surface area contributed by atoms with Crippen LogP contribution in [0.1, 0.15) is 42.5 Å². The minimum absolute atomic E-state index is 0.110. The second kappa shape index (κ2) is 11.5. The number of hydrogen-bond acceptors (Lipinski definition) is 6. The molecular formula is C29H34N2O5. The predicted octanol–water partition coefficient (Wildman–Crippen LogP) is 4.13. The molecule has 7 heteroatoms. The maximum absolute atomic E-state index is 13.3. The Morgan fingerprint density at radius 2 is 1.75 bits per heavy atom. The number of carbonyl (C=O) groups excluding carboxylic acids is 2. The lowest BCUT2D eigenvalue weighted by Crippen LogP contribution is -2.42. The molecule has 2 aliphatic rings. The van der Waals surface area contributed by atoms with Crippen molar-refractivity contribution in [3.05, 3.63) is 83.4 Å². The van der Waals surface area contributed by atoms with Crippen LogP contribution in [0, 0.1) is 0 Å². The summed E-state index contributed by atoms with van der Waals surface area (Å²) >= 11 is 0. The van der Waals surface area contributed by atoms with Crippen LogP contribution in [0.25, 0.3) is 5.76 Å². The highest BCUT2D eigenvalue weighted by atomic mass is 16.5. The number of aliphatic hydroxyl groups is 1. The Kier molecular flexibility index (Phi) is 8.23. The van der Waals surface area contributed by atoms with Gasteiger partial charge in [0.15, 0.2) is 0 Å². The van der Waals surface area contributed by atoms with E-state index in [9.17, 15) is 14.7 Å². The van der Waals surface area contributed by atoms with Gasteiger partial charge in [0.05, 0.1) is 24.8 Å². The number of morpholine rings is 1. The van der Waals surface area contributed by atoms with Gasteiger partial charge in [-0.3, -0.25) is 14.5 Å². The molecule has 4 rings (SSSR count). The molecule has 190 valence electrons. The van der Waals surface area contributed by atoms with E-state index in [0.717, 1.165) is 18.7 Å². The van der Waals surface area contributed by atoms with Gasteiger partial charge in [0.25, 0.3) is 11.7 Å². The molecule has 2 saturated heterocycles. The van der Waals surface area contributed by atoms with Crippen LogP contribution in [-0.4, -0.2) is 72.6 Å². The summed E-state index contributed by atoms with van der Waals surface area (Å²) in [6, 6.07) is 14.1. The van der Waals surface area contributed by atoms with Gasteiger partial charge in [0, 0.05) is 31.7 Å². The van der Waals surface area contributed by atoms with Crippen molar-refractivity contribution in [2.75, 3.05) is 46.0 Å². The number of aliphatic hydroxyl groups excluding tert-OH is 1. The average Bonchev–Trinajstić information content (AvgIpc) is 3.16. The second-order valence-electron chi connectivity index (χ2n) is 9.39. The largest absolute Gasteiger partial charge is 0.507 e. The summed E-state index contributed by atoms with van der Waals surface area (Å²) in [5.41, 5.74) is 2.53. The number of nitrogens with zero attached hydrogens (tertiary/aromatic N) is 2. The Morgan fingerprint density at radius 3 is 2.36 bits per heavy atom. The van der Waals surface area contributed by atoms with Gasteiger partial charge in [-0.1, -0.05) is 50.8 Å². The van der Waals surface area contributed by atoms with Crippen LogP contribution in [0.3, 0.4) is 0 Å². The molecular weight excluding hydrogens is 456 g/mol. The number of hydrogen-bond donors (Lipinski definition) is 1. The molecule has 2 heterocycles. The lowest BCUT2D eigenvalue weighted by molar-refractivity contribution is -0.140. The summed E-state index contributed by atoms with van der Waals surface area (Å²) in [6.07, 6.45) is 1.65. The van der Waals surface area contributed by atoms with Gasteiger partial charge in [-0.2, -0.15) is 0 Å². The molecule has 2 aliphatic heterocycles. The number of Topliss-reactive ketones (excluding diaryl/α,β-unsaturated/α-hetero) is 1. The summed E-state index contributed by atoms with van der Waals surface area (Å²) in [7, 11) is 0. The highest BCUT2D eigenvalue weighted by Crippen LogP contribution is 2.39. The van der Waals surface area contributed by atoms with Gasteiger partial charge < -0.3 is 19.5 Å². The molecule has 0 bridgehead atoms. The van der Waals surface area contributed by atoms with E-state index in [-0.39, 0.29) is 11.3 Å². The lowest BCUT2D eigenvalue weighted by atomic mass is 9.93. The van der Waals surface area contributed by atoms with Crippen LogP contribution in [0.15, 0.2) is 66.8 Å². The van der Waals surface area contributed by atoms with E-state index >= 15 is 0 Å². The molecule has 1 amide bonds. The van der Waals surface area contributed by atoms with E-state index in [2.05, 4.69) is 25.3 Å². The second-order valence-corrected chi connectivity index (χ2v) is 9.39. The van der Waals surface area contributed by atoms with Crippen LogP contribution in [0.4, 0.5) is 0 Å². The summed E-state index contributed by atoms with van der Waals surface area (Å²) in [4.78, 5) is 30.3. The molecule has 36 heavy (non-hydrogen) atoms. The predicted molar refractivity (Wildman–Crippen MR) is 139 cm³/mol. The number of ketones is 1. The van der Waals surface area contributed by atoms with Crippen molar-refractivity contribution < 1.29 is 24.2 Å². The Hall–Kier alpha value is -3.42. The third kappa shape index (κ3) is 5.53. The standard InChI is InChI=1S/C29H34N2O5/c1-4-17-36-24-11-9-23(10-12-24)27(32)25-26(22-7-5-21(6-8-22)20(2)3)31(29(34)28(25)33)14-13-30-15-18-35-19-16-30/h4-12,20,26,32H,1,13-19H2,2-3H3/b27-25+/t26-/m1/s1. The zero-order valence-electron chi connectivity index (χ0n) is 21.0. The SMILES string of the molecule is C=CCOc1ccc(/C(O)=C2\C(=O)C(=O)N(CCN3CCOCC3)[C@@H]2c2ccc(C(C)C)cc2)cc1. The van der Waals surface area contributed by atoms with Gasteiger partial charge >= 0.3 is 0 Å². The van der Waals surface area contributed by atoms with Gasteiger partial charge in [0.2, 0.25) is 0 Å². The van der Waals surface area contributed by atoms with E-state index < -0.39 is 17.7 Å². The van der Waals surface area contributed by atoms with Gasteiger partial charge in [0.1, 0.15) is 18.1 Å². The number of ether oxygens (including phenoxy) is 2. The van der Waals surface area contributed by atoms with Gasteiger partial charge in [-0.05, 0) is 41.3 Å². The molecule has 0 aromatic heterocycles. The number of benzene rings is 2. The quantitative estimate of drug-likeness (QED) is 0.247. The zero-order chi connectivity index (χ0) is 25.7. The van der Waals surface area contributed by atoms with Gasteiger partial charge in [-0.15, -0.1) is 0 Å². The van der Waals surface area contributed by atoms with Crippen molar-refractivity contribution in [3.63, 3.8) is 0 Å². The topological polar surface area (TPSA) is 79.3 Å². The van der Waals surface area contributed by atoms with Crippen molar-refractivity contribution >= 4 is 17.4 Å². The normalized spacial score (nSPS) is 20.2. The van der Waals surface area contributed by atoms with Crippen molar-refractivity contribution in [1.29, 1.82) is 0 Å². The van der Waals surface area contributed by atoms with Crippen LogP contribution >= 0.6 is 0 Å². The molecule has 0 radical (unpaired) electrons. The van der Waals surface area contributed by atoms with Crippen LogP contribution in [0.2, 0.25) is 0 Å². The maximum atomic E-state index is 13.3. The first-order chi connectivity index (χ1) is 17.4. The van der Waals surface area contributed by atoms with Crippen LogP contribution in [-0.2, 0) is 14.3 Å². The van der Waals surface area contributed by atoms with Crippen molar-refractivity contribution in [3.8, 4) is 5.75 Å². The summed E-state index contributed by atoms with van der Waals surface area (Å²) in [5, 5.41) is 11.3. The Labute approximate surface area is 212 Å². The fourth-order valence-electron chi connectivity index (χ4n) is 4.61. The molecule has 1 atom stereocenters. The molecule has 0 saturated carbocycles. The Morgan fingerprint density at radius 1 is 1.08 bits per heavy atom. The third-order valence-electron chi connectivity index (χ3n) is 6.72. The molecule has 2 aromatic carbocycles. The van der Waals surface area contributed by atoms with Crippen LogP contribution < -0.4 is 4.74 Å². The third-order valence-corrected chi connectivity index (χ3v) is 6.72. The first-order valence-electron chi connectivity index (χ1n) is 12.4. The van der Waals surface area contributed by atoms with E-state index in [1.165, 1.54) is 5.56 Å². The van der Waals surface area contributed by atoms with Crippen LogP contribution in [0.5, 0.6) is 5.75 Å². The average molecular weight is 491 g/mol. The fourth-order valence-corrected chi connectivity index (χ4v) is 4.61. The highest BCUT2D eigenvalue weighted by Gasteiger charge is 2.46. The molecule has 2 fully saturated rings. The molecule has 0 spiro atoms. The molecule has 2 aromatic rings. The molecule has 7 nitrogen and oxygen atoms in total. The van der Waals surface area contributed by atoms with Crippen molar-refractivity contribution in [2.24, 2.45) is 0 Å². The number of rotatable bonds is 9. The number of amides is 1. The first kappa shape index (κ1) is 25.7. The van der Waals surface area contributed by atoms with Crippen molar-refractivity contribution in [2.45, 2.75) is 25.8 Å². The molecule has 0 unspecified atom stereocenters. The minimum atomic E-state index is -0.667. The van der Waals surface area contributed by atoms with E-state index in [4.69, 9.17) is 9.47 Å². The zero-order valence-corrected chi connectivity index (χ0v) is 21.0. The summed E-state index contributed by atoms with van der Waals surface area (Å²) < 4.78 is 11.0. The van der Waals surface area contributed by atoms with Gasteiger partial charge in [-0.25, -0.2) is 0 Å². The maximum Gasteiger partial charge on any atom is 0.295 e. The minimum Gasteiger partial charge on any atom is -0.507 e. The molecule has 1 N–H and O–H groups in total. The Balaban J connectivity index is 1.70. The van der Waals surface area contributed by atoms with E-state index in [1.54, 1.807) is 35.2 Å². The summed E-state index contributed by atoms with van der Waals surface area (Å²) in [5.74, 6) is -0.463. The highest BCUT2D eigenvalue weighted by molar-refractivity contribution is 6.46.